The van der Waals surface area contributed by atoms with Gasteiger partial charge in [0.2, 0.25) is 0 Å². The summed E-state index contributed by atoms with van der Waals surface area (Å²) in [6.45, 7) is 5.38. The molecule has 0 unspecified atom stereocenters. The van der Waals surface area contributed by atoms with Crippen molar-refractivity contribution in [2.45, 2.75) is 33.1 Å². The van der Waals surface area contributed by atoms with Crippen LogP contribution >= 0.6 is 11.3 Å². The summed E-state index contributed by atoms with van der Waals surface area (Å²) >= 11 is 1.42. The van der Waals surface area contributed by atoms with Gasteiger partial charge >= 0.3 is 0 Å². The molecule has 0 bridgehead atoms. The Labute approximate surface area is 140 Å². The number of hydrogen-bond donors (Lipinski definition) is 2. The molecular weight excluding hydrogens is 310 g/mol. The van der Waals surface area contributed by atoms with Crippen molar-refractivity contribution in [2.24, 2.45) is 0 Å². The van der Waals surface area contributed by atoms with Crippen molar-refractivity contribution in [1.29, 1.82) is 0 Å². The second-order valence-corrected chi connectivity index (χ2v) is 6.83. The number of amides is 1. The number of likely N-dealkylation sites (tertiary alicyclic amines) is 1. The molecule has 23 heavy (non-hydrogen) atoms. The van der Waals surface area contributed by atoms with E-state index in [1.54, 1.807) is 5.38 Å². The van der Waals surface area contributed by atoms with E-state index in [-0.39, 0.29) is 5.91 Å². The second kappa shape index (κ2) is 6.58. The number of rotatable bonds is 3. The molecule has 1 aliphatic rings. The number of nitrogens with one attached hydrogen (secondary N) is 1. The number of piperidine rings is 1. The summed E-state index contributed by atoms with van der Waals surface area (Å²) in [4.78, 5) is 18.7. The predicted molar refractivity (Wildman–Crippen MR) is 92.7 cm³/mol. The number of phenols is 1. The van der Waals surface area contributed by atoms with Gasteiger partial charge in [0.25, 0.3) is 5.91 Å². The molecule has 6 heteroatoms. The van der Waals surface area contributed by atoms with Gasteiger partial charge in [0.1, 0.15) is 11.4 Å². The Bertz CT molecular complexity index is 697. The van der Waals surface area contributed by atoms with Gasteiger partial charge in [-0.2, -0.15) is 0 Å². The van der Waals surface area contributed by atoms with Gasteiger partial charge in [-0.3, -0.25) is 4.79 Å². The third-order valence-corrected chi connectivity index (χ3v) is 4.87. The number of hydrogen-bond acceptors (Lipinski definition) is 5. The van der Waals surface area contributed by atoms with Gasteiger partial charge in [0, 0.05) is 24.2 Å². The summed E-state index contributed by atoms with van der Waals surface area (Å²) in [6.07, 6.45) is 3.35. The lowest BCUT2D eigenvalue weighted by Gasteiger charge is -2.25. The molecule has 2 heterocycles. The number of thiazole rings is 1. The molecule has 0 radical (unpaired) electrons. The van der Waals surface area contributed by atoms with Gasteiger partial charge in [-0.05, 0) is 56.4 Å². The zero-order valence-electron chi connectivity index (χ0n) is 13.4. The molecule has 1 amide bonds. The largest absolute Gasteiger partial charge is 0.507 e. The predicted octanol–water partition coefficient (Wildman–Crippen LogP) is 3.84. The number of aromatic nitrogens is 1. The lowest BCUT2D eigenvalue weighted by molar-refractivity contribution is 0.0719. The number of aryl methyl sites for hydroxylation is 2. The molecule has 5 nitrogen and oxygen atoms in total. The van der Waals surface area contributed by atoms with E-state index in [1.165, 1.54) is 17.8 Å². The van der Waals surface area contributed by atoms with Crippen LogP contribution in [0.5, 0.6) is 5.75 Å². The summed E-state index contributed by atoms with van der Waals surface area (Å²) in [5, 5.41) is 15.5. The van der Waals surface area contributed by atoms with Crippen LogP contribution in [0.2, 0.25) is 0 Å². The Hall–Kier alpha value is -2.08. The summed E-state index contributed by atoms with van der Waals surface area (Å²) in [7, 11) is 0. The minimum atomic E-state index is 0.0204. The Morgan fingerprint density at radius 3 is 2.52 bits per heavy atom. The first kappa shape index (κ1) is 15.8. The topological polar surface area (TPSA) is 65.5 Å². The van der Waals surface area contributed by atoms with Crippen LogP contribution in [0.1, 0.15) is 40.9 Å². The fourth-order valence-electron chi connectivity index (χ4n) is 2.84. The van der Waals surface area contributed by atoms with Crippen molar-refractivity contribution in [1.82, 2.24) is 9.88 Å². The third-order valence-electron chi connectivity index (χ3n) is 4.11. The molecule has 2 N–H and O–H groups in total. The molecule has 0 aliphatic carbocycles. The summed E-state index contributed by atoms with van der Waals surface area (Å²) < 4.78 is 0. The molecular formula is C17H21N3O2S. The highest BCUT2D eigenvalue weighted by molar-refractivity contribution is 7.14. The first-order valence-electron chi connectivity index (χ1n) is 7.86. The fourth-order valence-corrected chi connectivity index (χ4v) is 3.54. The van der Waals surface area contributed by atoms with E-state index in [0.29, 0.717) is 16.6 Å². The number of carbonyl (C=O) groups excluding carboxylic acids is 1. The Balaban J connectivity index is 1.73. The minimum absolute atomic E-state index is 0.0204. The summed E-state index contributed by atoms with van der Waals surface area (Å²) in [5.41, 5.74) is 3.00. The molecule has 1 aromatic heterocycles. The van der Waals surface area contributed by atoms with Gasteiger partial charge in [-0.15, -0.1) is 11.3 Å². The minimum Gasteiger partial charge on any atom is -0.507 e. The van der Waals surface area contributed by atoms with Crippen LogP contribution in [0.3, 0.4) is 0 Å². The number of anilines is 2. The van der Waals surface area contributed by atoms with Crippen molar-refractivity contribution in [3.05, 3.63) is 34.3 Å². The molecule has 1 aliphatic heterocycles. The van der Waals surface area contributed by atoms with E-state index in [9.17, 15) is 9.90 Å². The van der Waals surface area contributed by atoms with E-state index in [2.05, 4.69) is 10.3 Å². The zero-order valence-corrected chi connectivity index (χ0v) is 14.2. The molecule has 0 saturated carbocycles. The lowest BCUT2D eigenvalue weighted by Crippen LogP contribution is -2.35. The number of benzene rings is 1. The maximum absolute atomic E-state index is 12.4. The van der Waals surface area contributed by atoms with Crippen molar-refractivity contribution in [3.8, 4) is 5.75 Å². The monoisotopic (exact) mass is 331 g/mol. The Kier molecular flexibility index (Phi) is 4.52. The summed E-state index contributed by atoms with van der Waals surface area (Å²) in [6, 6.07) is 3.74. The maximum atomic E-state index is 12.4. The molecule has 2 aromatic rings. The van der Waals surface area contributed by atoms with Crippen LogP contribution in [0.4, 0.5) is 10.8 Å². The van der Waals surface area contributed by atoms with Crippen LogP contribution < -0.4 is 5.32 Å². The average molecular weight is 331 g/mol. The smallest absolute Gasteiger partial charge is 0.273 e. The number of aromatic hydroxyl groups is 1. The first-order chi connectivity index (χ1) is 11.0. The van der Waals surface area contributed by atoms with Gasteiger partial charge in [0.05, 0.1) is 0 Å². The average Bonchev–Trinajstić information content (AvgIpc) is 3.01. The SMILES string of the molecule is Cc1cc(Nc2nc(C(=O)N3CCCCC3)cs2)cc(C)c1O. The van der Waals surface area contributed by atoms with E-state index >= 15 is 0 Å². The molecule has 1 aromatic carbocycles. The van der Waals surface area contributed by atoms with E-state index in [0.717, 1.165) is 42.7 Å². The van der Waals surface area contributed by atoms with Gasteiger partial charge in [-0.25, -0.2) is 4.98 Å². The van der Waals surface area contributed by atoms with Crippen molar-refractivity contribution >= 4 is 28.1 Å². The number of phenolic OH excluding ortho intramolecular Hbond substituents is 1. The van der Waals surface area contributed by atoms with Crippen LogP contribution in [-0.4, -0.2) is 34.0 Å². The lowest BCUT2D eigenvalue weighted by atomic mass is 10.1. The Morgan fingerprint density at radius 2 is 1.87 bits per heavy atom. The molecule has 1 saturated heterocycles. The van der Waals surface area contributed by atoms with Gasteiger partial charge in [0.15, 0.2) is 5.13 Å². The normalized spacial score (nSPS) is 14.8. The highest BCUT2D eigenvalue weighted by Gasteiger charge is 2.20. The van der Waals surface area contributed by atoms with Crippen molar-refractivity contribution in [3.63, 3.8) is 0 Å². The first-order valence-corrected chi connectivity index (χ1v) is 8.74. The number of carbonyl (C=O) groups is 1. The van der Waals surface area contributed by atoms with Crippen LogP contribution in [0.25, 0.3) is 0 Å². The third kappa shape index (κ3) is 3.47. The summed E-state index contributed by atoms with van der Waals surface area (Å²) in [5.74, 6) is 0.336. The highest BCUT2D eigenvalue weighted by atomic mass is 32.1. The number of nitrogens with zero attached hydrogens (tertiary/aromatic N) is 2. The van der Waals surface area contributed by atoms with Gasteiger partial charge < -0.3 is 15.3 Å². The van der Waals surface area contributed by atoms with Crippen LogP contribution in [0.15, 0.2) is 17.5 Å². The van der Waals surface area contributed by atoms with E-state index in [4.69, 9.17) is 0 Å². The van der Waals surface area contributed by atoms with Gasteiger partial charge in [-0.1, -0.05) is 0 Å². The van der Waals surface area contributed by atoms with Crippen LogP contribution in [-0.2, 0) is 0 Å². The quantitative estimate of drug-likeness (QED) is 0.839. The standard InChI is InChI=1S/C17H21N3O2S/c1-11-8-13(9-12(2)15(11)21)18-17-19-14(10-23-17)16(22)20-6-4-3-5-7-20/h8-10,21H,3-7H2,1-2H3,(H,18,19). The molecule has 1 fully saturated rings. The molecule has 3 rings (SSSR count). The molecule has 0 atom stereocenters. The van der Waals surface area contributed by atoms with E-state index < -0.39 is 0 Å². The maximum Gasteiger partial charge on any atom is 0.273 e. The fraction of sp³-hybridized carbons (Fsp3) is 0.412. The Morgan fingerprint density at radius 1 is 1.22 bits per heavy atom. The molecule has 122 valence electrons. The molecule has 0 spiro atoms. The van der Waals surface area contributed by atoms with Crippen molar-refractivity contribution in [2.75, 3.05) is 18.4 Å². The van der Waals surface area contributed by atoms with Crippen molar-refractivity contribution < 1.29 is 9.90 Å². The highest BCUT2D eigenvalue weighted by Crippen LogP contribution is 2.29. The van der Waals surface area contributed by atoms with Crippen LogP contribution in [0, 0.1) is 13.8 Å². The second-order valence-electron chi connectivity index (χ2n) is 5.97. The zero-order chi connectivity index (χ0) is 16.4. The van der Waals surface area contributed by atoms with E-state index in [1.807, 2.05) is 30.9 Å².